The van der Waals surface area contributed by atoms with E-state index in [1.54, 1.807) is 6.08 Å². The van der Waals surface area contributed by atoms with Gasteiger partial charge in [-0.1, -0.05) is 31.2 Å². The molecule has 0 spiro atoms. The lowest BCUT2D eigenvalue weighted by atomic mass is 10.1. The Balaban J connectivity index is 2.58. The van der Waals surface area contributed by atoms with Gasteiger partial charge in [-0.25, -0.2) is 4.79 Å². The average molecular weight is 204 g/mol. The Hall–Kier alpha value is -1.57. The fraction of sp³-hybridized carbons (Fsp3) is 0.308. The zero-order valence-electron chi connectivity index (χ0n) is 9.19. The fourth-order valence-electron chi connectivity index (χ4n) is 1.18. The second-order valence-electron chi connectivity index (χ2n) is 3.36. The molecule has 2 heteroatoms. The van der Waals surface area contributed by atoms with Gasteiger partial charge in [0.2, 0.25) is 0 Å². The Morgan fingerprint density at radius 1 is 1.40 bits per heavy atom. The molecule has 2 nitrogen and oxygen atoms in total. The molecule has 0 unspecified atom stereocenters. The highest BCUT2D eigenvalue weighted by molar-refractivity contribution is 5.87. The van der Waals surface area contributed by atoms with Crippen LogP contribution >= 0.6 is 0 Å². The van der Waals surface area contributed by atoms with Crippen LogP contribution in [0, 0.1) is 6.92 Å². The van der Waals surface area contributed by atoms with Crippen LogP contribution in [0.4, 0.5) is 0 Å². The molecule has 0 aromatic heterocycles. The predicted octanol–water partition coefficient (Wildman–Crippen LogP) is 2.96. The lowest BCUT2D eigenvalue weighted by Crippen LogP contribution is -2.00. The first kappa shape index (κ1) is 11.5. The Bertz CT molecular complexity index is 353. The number of hydrogen-bond donors (Lipinski definition) is 0. The summed E-state index contributed by atoms with van der Waals surface area (Å²) in [5.41, 5.74) is 2.20. The molecule has 0 radical (unpaired) electrons. The molecule has 0 atom stereocenters. The van der Waals surface area contributed by atoms with Crippen molar-refractivity contribution >= 4 is 12.0 Å². The molecule has 0 saturated carbocycles. The second kappa shape index (κ2) is 6.02. The average Bonchev–Trinajstić information content (AvgIpc) is 2.25. The van der Waals surface area contributed by atoms with Gasteiger partial charge >= 0.3 is 5.97 Å². The monoisotopic (exact) mass is 204 g/mol. The van der Waals surface area contributed by atoms with E-state index in [1.807, 2.05) is 38.1 Å². The third-order valence-corrected chi connectivity index (χ3v) is 2.04. The van der Waals surface area contributed by atoms with Crippen LogP contribution in [0.5, 0.6) is 0 Å². The zero-order chi connectivity index (χ0) is 11.1. The van der Waals surface area contributed by atoms with Crippen molar-refractivity contribution in [3.05, 3.63) is 41.5 Å². The molecule has 0 N–H and O–H groups in total. The standard InChI is InChI=1S/C13H16O2/c1-3-10-15-13(14)9-8-12-7-5-4-6-11(12)2/h4-9H,3,10H2,1-2H3. The Morgan fingerprint density at radius 3 is 2.80 bits per heavy atom. The van der Waals surface area contributed by atoms with E-state index in [1.165, 1.54) is 6.08 Å². The normalized spacial score (nSPS) is 10.5. The van der Waals surface area contributed by atoms with Gasteiger partial charge in [0.15, 0.2) is 0 Å². The van der Waals surface area contributed by atoms with Crippen LogP contribution in [-0.4, -0.2) is 12.6 Å². The number of benzene rings is 1. The zero-order valence-corrected chi connectivity index (χ0v) is 9.19. The molecular formula is C13H16O2. The number of rotatable bonds is 4. The van der Waals surface area contributed by atoms with Gasteiger partial charge in [0.1, 0.15) is 0 Å². The van der Waals surface area contributed by atoms with Gasteiger partial charge in [-0.05, 0) is 30.5 Å². The van der Waals surface area contributed by atoms with Gasteiger partial charge in [-0.2, -0.15) is 0 Å². The largest absolute Gasteiger partial charge is 0.463 e. The van der Waals surface area contributed by atoms with Crippen molar-refractivity contribution in [2.24, 2.45) is 0 Å². The van der Waals surface area contributed by atoms with Crippen molar-refractivity contribution < 1.29 is 9.53 Å². The van der Waals surface area contributed by atoms with E-state index in [9.17, 15) is 4.79 Å². The molecule has 80 valence electrons. The van der Waals surface area contributed by atoms with E-state index in [0.29, 0.717) is 6.61 Å². The van der Waals surface area contributed by atoms with Crippen molar-refractivity contribution in [3.63, 3.8) is 0 Å². The lowest BCUT2D eigenvalue weighted by molar-refractivity contribution is -0.137. The maximum atomic E-state index is 11.2. The minimum absolute atomic E-state index is 0.278. The van der Waals surface area contributed by atoms with Crippen molar-refractivity contribution in [1.82, 2.24) is 0 Å². The van der Waals surface area contributed by atoms with Crippen LogP contribution in [0.25, 0.3) is 6.08 Å². The number of aryl methyl sites for hydroxylation is 1. The molecule has 0 fully saturated rings. The Kier molecular flexibility index (Phi) is 4.61. The first-order valence-electron chi connectivity index (χ1n) is 5.14. The quantitative estimate of drug-likeness (QED) is 0.556. The van der Waals surface area contributed by atoms with Gasteiger partial charge in [-0.3, -0.25) is 0 Å². The molecule has 15 heavy (non-hydrogen) atoms. The molecule has 1 aromatic rings. The van der Waals surface area contributed by atoms with Crippen molar-refractivity contribution in [2.45, 2.75) is 20.3 Å². The molecule has 0 heterocycles. The molecule has 1 rings (SSSR count). The third kappa shape index (κ3) is 3.98. The summed E-state index contributed by atoms with van der Waals surface area (Å²) in [4.78, 5) is 11.2. The maximum absolute atomic E-state index is 11.2. The summed E-state index contributed by atoms with van der Waals surface area (Å²) < 4.78 is 4.93. The van der Waals surface area contributed by atoms with Gasteiger partial charge in [0, 0.05) is 6.08 Å². The topological polar surface area (TPSA) is 26.3 Å². The molecule has 0 amide bonds. The Labute approximate surface area is 90.6 Å². The van der Waals surface area contributed by atoms with Crippen molar-refractivity contribution in [1.29, 1.82) is 0 Å². The van der Waals surface area contributed by atoms with Crippen LogP contribution in [0.1, 0.15) is 24.5 Å². The van der Waals surface area contributed by atoms with E-state index >= 15 is 0 Å². The summed E-state index contributed by atoms with van der Waals surface area (Å²) in [5, 5.41) is 0. The highest BCUT2D eigenvalue weighted by Crippen LogP contribution is 2.08. The smallest absolute Gasteiger partial charge is 0.330 e. The second-order valence-corrected chi connectivity index (χ2v) is 3.36. The van der Waals surface area contributed by atoms with Crippen LogP contribution in [-0.2, 0) is 9.53 Å². The van der Waals surface area contributed by atoms with Crippen molar-refractivity contribution in [2.75, 3.05) is 6.61 Å². The molecule has 0 bridgehead atoms. The Morgan fingerprint density at radius 2 is 2.13 bits per heavy atom. The van der Waals surface area contributed by atoms with E-state index < -0.39 is 0 Å². The summed E-state index contributed by atoms with van der Waals surface area (Å²) in [6.07, 6.45) is 4.11. The van der Waals surface area contributed by atoms with Crippen LogP contribution in [0.3, 0.4) is 0 Å². The number of carbonyl (C=O) groups excluding carboxylic acids is 1. The van der Waals surface area contributed by atoms with Crippen molar-refractivity contribution in [3.8, 4) is 0 Å². The number of esters is 1. The maximum Gasteiger partial charge on any atom is 0.330 e. The van der Waals surface area contributed by atoms with Gasteiger partial charge in [0.05, 0.1) is 6.61 Å². The number of ether oxygens (including phenoxy) is 1. The molecule has 0 aliphatic carbocycles. The third-order valence-electron chi connectivity index (χ3n) is 2.04. The van der Waals surface area contributed by atoms with Crippen LogP contribution in [0.15, 0.2) is 30.3 Å². The summed E-state index contributed by atoms with van der Waals surface area (Å²) in [5.74, 6) is -0.278. The van der Waals surface area contributed by atoms with E-state index in [4.69, 9.17) is 4.74 Å². The minimum atomic E-state index is -0.278. The number of hydrogen-bond acceptors (Lipinski definition) is 2. The number of carbonyl (C=O) groups is 1. The summed E-state index contributed by atoms with van der Waals surface area (Å²) in [6.45, 7) is 4.46. The lowest BCUT2D eigenvalue weighted by Gasteiger charge is -1.99. The highest BCUT2D eigenvalue weighted by atomic mass is 16.5. The van der Waals surface area contributed by atoms with Crippen LogP contribution < -0.4 is 0 Å². The van der Waals surface area contributed by atoms with E-state index in [0.717, 1.165) is 17.5 Å². The summed E-state index contributed by atoms with van der Waals surface area (Å²) >= 11 is 0. The molecule has 0 aliphatic rings. The van der Waals surface area contributed by atoms with Crippen LogP contribution in [0.2, 0.25) is 0 Å². The predicted molar refractivity (Wildman–Crippen MR) is 61.5 cm³/mol. The fourth-order valence-corrected chi connectivity index (χ4v) is 1.18. The highest BCUT2D eigenvalue weighted by Gasteiger charge is 1.96. The van der Waals surface area contributed by atoms with E-state index in [2.05, 4.69) is 0 Å². The molecule has 0 saturated heterocycles. The summed E-state index contributed by atoms with van der Waals surface area (Å²) in [6, 6.07) is 7.90. The molecule has 0 aliphatic heterocycles. The molecular weight excluding hydrogens is 188 g/mol. The van der Waals surface area contributed by atoms with E-state index in [-0.39, 0.29) is 5.97 Å². The van der Waals surface area contributed by atoms with Gasteiger partial charge in [0.25, 0.3) is 0 Å². The summed E-state index contributed by atoms with van der Waals surface area (Å²) in [7, 11) is 0. The van der Waals surface area contributed by atoms with Gasteiger partial charge < -0.3 is 4.74 Å². The SMILES string of the molecule is CCCOC(=O)C=Cc1ccccc1C. The first-order chi connectivity index (χ1) is 7.24. The first-order valence-corrected chi connectivity index (χ1v) is 5.14. The van der Waals surface area contributed by atoms with Gasteiger partial charge in [-0.15, -0.1) is 0 Å². The minimum Gasteiger partial charge on any atom is -0.463 e. The molecule has 1 aromatic carbocycles.